The molecule has 2 rings (SSSR count). The minimum atomic E-state index is 0.209. The van der Waals surface area contributed by atoms with E-state index in [4.69, 9.17) is 16.3 Å². The van der Waals surface area contributed by atoms with Gasteiger partial charge >= 0.3 is 0 Å². The van der Waals surface area contributed by atoms with Crippen molar-refractivity contribution < 1.29 is 4.74 Å². The van der Waals surface area contributed by atoms with E-state index in [1.165, 1.54) is 18.4 Å². The molecule has 1 N–H and O–H groups in total. The summed E-state index contributed by atoms with van der Waals surface area (Å²) in [4.78, 5) is 0. The lowest BCUT2D eigenvalue weighted by molar-refractivity contribution is 0.0186. The summed E-state index contributed by atoms with van der Waals surface area (Å²) in [5.74, 6) is 0.686. The van der Waals surface area contributed by atoms with Crippen molar-refractivity contribution in [2.24, 2.45) is 5.92 Å². The number of halogens is 1. The monoisotopic (exact) mass is 281 g/mol. The number of ether oxygens (including phenoxy) is 1. The van der Waals surface area contributed by atoms with Gasteiger partial charge in [0.1, 0.15) is 0 Å². The van der Waals surface area contributed by atoms with E-state index in [0.717, 1.165) is 24.6 Å². The van der Waals surface area contributed by atoms with E-state index in [1.54, 1.807) is 0 Å². The van der Waals surface area contributed by atoms with Gasteiger partial charge in [-0.2, -0.15) is 0 Å². The Balaban J connectivity index is 2.20. The molecule has 106 valence electrons. The molecule has 0 heterocycles. The number of rotatable bonds is 8. The van der Waals surface area contributed by atoms with Gasteiger partial charge < -0.3 is 10.1 Å². The zero-order valence-electron chi connectivity index (χ0n) is 11.9. The van der Waals surface area contributed by atoms with E-state index < -0.39 is 0 Å². The average molecular weight is 282 g/mol. The van der Waals surface area contributed by atoms with Crippen LogP contribution in [0.15, 0.2) is 24.3 Å². The Hall–Kier alpha value is -0.570. The van der Waals surface area contributed by atoms with Crippen LogP contribution in [-0.2, 0) is 4.74 Å². The first-order chi connectivity index (χ1) is 9.27. The van der Waals surface area contributed by atoms with Gasteiger partial charge in [0.15, 0.2) is 0 Å². The molecular formula is C16H24ClNO. The van der Waals surface area contributed by atoms with Crippen LogP contribution in [0.25, 0.3) is 0 Å². The number of hydrogen-bond donors (Lipinski definition) is 1. The van der Waals surface area contributed by atoms with Gasteiger partial charge in [0.2, 0.25) is 0 Å². The second-order valence-corrected chi connectivity index (χ2v) is 5.62. The van der Waals surface area contributed by atoms with E-state index in [1.807, 2.05) is 12.1 Å². The van der Waals surface area contributed by atoms with Gasteiger partial charge in [-0.05, 0) is 50.3 Å². The molecule has 0 aliphatic heterocycles. The van der Waals surface area contributed by atoms with Crippen molar-refractivity contribution in [3.63, 3.8) is 0 Å². The summed E-state index contributed by atoms with van der Waals surface area (Å²) in [6, 6.07) is 8.33. The molecule has 2 unspecified atom stereocenters. The molecule has 1 saturated carbocycles. The molecule has 2 nitrogen and oxygen atoms in total. The van der Waals surface area contributed by atoms with Crippen LogP contribution in [0, 0.1) is 5.92 Å². The van der Waals surface area contributed by atoms with Crippen molar-refractivity contribution in [3.05, 3.63) is 34.9 Å². The van der Waals surface area contributed by atoms with Crippen molar-refractivity contribution in [1.82, 2.24) is 5.32 Å². The molecule has 0 radical (unpaired) electrons. The van der Waals surface area contributed by atoms with Crippen LogP contribution in [0.3, 0.4) is 0 Å². The predicted molar refractivity (Wildman–Crippen MR) is 80.6 cm³/mol. The molecule has 1 aromatic carbocycles. The van der Waals surface area contributed by atoms with Crippen LogP contribution in [0.2, 0.25) is 5.02 Å². The minimum Gasteiger partial charge on any atom is -0.376 e. The van der Waals surface area contributed by atoms with Gasteiger partial charge in [-0.1, -0.05) is 36.7 Å². The number of nitrogens with one attached hydrogen (secondary N) is 1. The maximum absolute atomic E-state index is 6.37. The van der Waals surface area contributed by atoms with Crippen LogP contribution in [0.4, 0.5) is 0 Å². The quantitative estimate of drug-likeness (QED) is 0.771. The summed E-state index contributed by atoms with van der Waals surface area (Å²) in [5.41, 5.74) is 1.17. The molecule has 19 heavy (non-hydrogen) atoms. The first kappa shape index (κ1) is 14.8. The Morgan fingerprint density at radius 1 is 1.32 bits per heavy atom. The highest BCUT2D eigenvalue weighted by Crippen LogP contribution is 2.41. The fraction of sp³-hybridized carbons (Fsp3) is 0.625. The Kier molecular flexibility index (Phi) is 5.68. The summed E-state index contributed by atoms with van der Waals surface area (Å²) in [6.45, 7) is 6.00. The fourth-order valence-corrected chi connectivity index (χ4v) is 2.81. The molecule has 2 atom stereocenters. The van der Waals surface area contributed by atoms with Crippen molar-refractivity contribution in [3.8, 4) is 0 Å². The fourth-order valence-electron chi connectivity index (χ4n) is 2.55. The van der Waals surface area contributed by atoms with Crippen molar-refractivity contribution >= 4 is 11.6 Å². The second kappa shape index (κ2) is 7.28. The molecule has 0 spiro atoms. The van der Waals surface area contributed by atoms with Gasteiger partial charge in [0.25, 0.3) is 0 Å². The van der Waals surface area contributed by atoms with E-state index in [2.05, 4.69) is 31.3 Å². The Morgan fingerprint density at radius 3 is 2.63 bits per heavy atom. The Labute approximate surface area is 121 Å². The van der Waals surface area contributed by atoms with Crippen molar-refractivity contribution in [2.45, 2.75) is 45.3 Å². The lowest BCUT2D eigenvalue weighted by atomic mass is 9.97. The summed E-state index contributed by atoms with van der Waals surface area (Å²) in [5, 5.41) is 4.46. The van der Waals surface area contributed by atoms with Gasteiger partial charge in [0, 0.05) is 11.6 Å². The van der Waals surface area contributed by atoms with E-state index in [-0.39, 0.29) is 12.1 Å². The molecule has 1 aromatic rings. The SMILES string of the molecule is CCCNC(c1ccccc1Cl)C(OCC)C1CC1. The standard InChI is InChI=1S/C16H24ClNO/c1-3-11-18-15(13-7-5-6-8-14(13)17)16(19-4-2)12-9-10-12/h5-8,12,15-16,18H,3-4,9-11H2,1-2H3. The number of benzene rings is 1. The summed E-state index contributed by atoms with van der Waals surface area (Å²) < 4.78 is 6.01. The molecule has 1 aliphatic carbocycles. The highest BCUT2D eigenvalue weighted by molar-refractivity contribution is 6.31. The maximum atomic E-state index is 6.37. The Morgan fingerprint density at radius 2 is 2.05 bits per heavy atom. The van der Waals surface area contributed by atoms with Gasteiger partial charge in [-0.15, -0.1) is 0 Å². The minimum absolute atomic E-state index is 0.209. The molecular weight excluding hydrogens is 258 g/mol. The molecule has 0 saturated heterocycles. The molecule has 0 bridgehead atoms. The van der Waals surface area contributed by atoms with Gasteiger partial charge in [-0.3, -0.25) is 0 Å². The third-order valence-electron chi connectivity index (χ3n) is 3.63. The van der Waals surface area contributed by atoms with Crippen LogP contribution >= 0.6 is 11.6 Å². The van der Waals surface area contributed by atoms with E-state index >= 15 is 0 Å². The largest absolute Gasteiger partial charge is 0.376 e. The summed E-state index contributed by atoms with van der Waals surface area (Å²) in [6.07, 6.45) is 3.92. The van der Waals surface area contributed by atoms with Gasteiger partial charge in [0.05, 0.1) is 12.1 Å². The second-order valence-electron chi connectivity index (χ2n) is 5.21. The van der Waals surface area contributed by atoms with Gasteiger partial charge in [-0.25, -0.2) is 0 Å². The molecule has 1 fully saturated rings. The molecule has 0 amide bonds. The van der Waals surface area contributed by atoms with E-state index in [9.17, 15) is 0 Å². The summed E-state index contributed by atoms with van der Waals surface area (Å²) in [7, 11) is 0. The van der Waals surface area contributed by atoms with Crippen molar-refractivity contribution in [1.29, 1.82) is 0 Å². The zero-order chi connectivity index (χ0) is 13.7. The lowest BCUT2D eigenvalue weighted by Gasteiger charge is -2.29. The predicted octanol–water partition coefficient (Wildman–Crippen LogP) is 4.20. The third-order valence-corrected chi connectivity index (χ3v) is 3.97. The smallest absolute Gasteiger partial charge is 0.0798 e. The first-order valence-corrected chi connectivity index (χ1v) is 7.75. The maximum Gasteiger partial charge on any atom is 0.0798 e. The van der Waals surface area contributed by atoms with Crippen molar-refractivity contribution in [2.75, 3.05) is 13.2 Å². The lowest BCUT2D eigenvalue weighted by Crippen LogP contribution is -2.36. The third kappa shape index (κ3) is 3.95. The molecule has 3 heteroatoms. The highest BCUT2D eigenvalue weighted by Gasteiger charge is 2.38. The Bertz CT molecular complexity index is 392. The average Bonchev–Trinajstić information content (AvgIpc) is 3.24. The first-order valence-electron chi connectivity index (χ1n) is 7.37. The van der Waals surface area contributed by atoms with Crippen LogP contribution in [0.5, 0.6) is 0 Å². The summed E-state index contributed by atoms with van der Waals surface area (Å²) >= 11 is 6.37. The topological polar surface area (TPSA) is 21.3 Å². The molecule has 1 aliphatic rings. The molecule has 0 aromatic heterocycles. The van der Waals surface area contributed by atoms with Crippen LogP contribution in [-0.4, -0.2) is 19.3 Å². The van der Waals surface area contributed by atoms with Crippen LogP contribution in [0.1, 0.15) is 44.7 Å². The zero-order valence-corrected chi connectivity index (χ0v) is 12.6. The van der Waals surface area contributed by atoms with E-state index in [0.29, 0.717) is 5.92 Å². The van der Waals surface area contributed by atoms with Crippen LogP contribution < -0.4 is 5.32 Å². The normalized spacial score (nSPS) is 18.3. The highest BCUT2D eigenvalue weighted by atomic mass is 35.5. The number of hydrogen-bond acceptors (Lipinski definition) is 2.